The van der Waals surface area contributed by atoms with Gasteiger partial charge in [-0.15, -0.1) is 0 Å². The predicted molar refractivity (Wildman–Crippen MR) is 65.6 cm³/mol. The SMILES string of the molecule is NCC(=O)NCC(=O)Nc1ccc(F)c(C(N)=O)c1. The van der Waals surface area contributed by atoms with Crippen molar-refractivity contribution in [1.82, 2.24) is 5.32 Å². The first-order chi connectivity index (χ1) is 8.93. The zero-order valence-electron chi connectivity index (χ0n) is 9.90. The van der Waals surface area contributed by atoms with Crippen LogP contribution in [0.4, 0.5) is 10.1 Å². The molecule has 0 saturated carbocycles. The lowest BCUT2D eigenvalue weighted by atomic mass is 10.2. The van der Waals surface area contributed by atoms with E-state index in [1.54, 1.807) is 0 Å². The maximum Gasteiger partial charge on any atom is 0.251 e. The van der Waals surface area contributed by atoms with E-state index in [1.807, 2.05) is 0 Å². The van der Waals surface area contributed by atoms with Crippen LogP contribution in [-0.2, 0) is 9.59 Å². The van der Waals surface area contributed by atoms with Gasteiger partial charge >= 0.3 is 0 Å². The average Bonchev–Trinajstić information content (AvgIpc) is 2.37. The summed E-state index contributed by atoms with van der Waals surface area (Å²) in [6, 6.07) is 3.39. The molecule has 0 aromatic heterocycles. The lowest BCUT2D eigenvalue weighted by Gasteiger charge is -2.07. The summed E-state index contributed by atoms with van der Waals surface area (Å²) in [4.78, 5) is 33.2. The number of hydrogen-bond donors (Lipinski definition) is 4. The zero-order valence-corrected chi connectivity index (χ0v) is 9.90. The summed E-state index contributed by atoms with van der Waals surface area (Å²) in [6.45, 7) is -0.505. The second-order valence-electron chi connectivity index (χ2n) is 3.59. The van der Waals surface area contributed by atoms with Crippen LogP contribution in [0.1, 0.15) is 10.4 Å². The topological polar surface area (TPSA) is 127 Å². The van der Waals surface area contributed by atoms with Gasteiger partial charge in [-0.25, -0.2) is 4.39 Å². The molecule has 3 amide bonds. The molecular weight excluding hydrogens is 255 g/mol. The fourth-order valence-electron chi connectivity index (χ4n) is 1.25. The van der Waals surface area contributed by atoms with Crippen LogP contribution in [0.25, 0.3) is 0 Å². The molecule has 0 fully saturated rings. The Balaban J connectivity index is 2.67. The van der Waals surface area contributed by atoms with Gasteiger partial charge in [-0.1, -0.05) is 0 Å². The highest BCUT2D eigenvalue weighted by Gasteiger charge is 2.10. The van der Waals surface area contributed by atoms with Crippen molar-refractivity contribution >= 4 is 23.4 Å². The number of amides is 3. The molecule has 0 aliphatic carbocycles. The van der Waals surface area contributed by atoms with Gasteiger partial charge in [0.2, 0.25) is 11.8 Å². The number of nitrogens with one attached hydrogen (secondary N) is 2. The Morgan fingerprint density at radius 2 is 1.89 bits per heavy atom. The summed E-state index contributed by atoms with van der Waals surface area (Å²) < 4.78 is 13.2. The first-order valence-corrected chi connectivity index (χ1v) is 5.30. The van der Waals surface area contributed by atoms with Crippen LogP contribution in [0.3, 0.4) is 0 Å². The van der Waals surface area contributed by atoms with Crippen molar-refractivity contribution in [3.8, 4) is 0 Å². The molecule has 0 saturated heterocycles. The number of hydrogen-bond acceptors (Lipinski definition) is 4. The van der Waals surface area contributed by atoms with E-state index >= 15 is 0 Å². The molecule has 1 rings (SSSR count). The molecule has 0 atom stereocenters. The Morgan fingerprint density at radius 3 is 2.47 bits per heavy atom. The van der Waals surface area contributed by atoms with Gasteiger partial charge < -0.3 is 22.1 Å². The van der Waals surface area contributed by atoms with E-state index in [0.29, 0.717) is 0 Å². The Kier molecular flexibility index (Phi) is 4.95. The van der Waals surface area contributed by atoms with E-state index in [9.17, 15) is 18.8 Å². The van der Waals surface area contributed by atoms with Gasteiger partial charge in [-0.2, -0.15) is 0 Å². The highest BCUT2D eigenvalue weighted by Crippen LogP contribution is 2.14. The van der Waals surface area contributed by atoms with Gasteiger partial charge in [0.25, 0.3) is 5.91 Å². The Labute approximate surface area is 108 Å². The molecule has 0 heterocycles. The van der Waals surface area contributed by atoms with Crippen molar-refractivity contribution < 1.29 is 18.8 Å². The van der Waals surface area contributed by atoms with Crippen LogP contribution in [0, 0.1) is 5.82 Å². The molecule has 0 unspecified atom stereocenters. The number of halogens is 1. The molecule has 0 bridgehead atoms. The standard InChI is InChI=1S/C11H13FN4O3/c12-8-2-1-6(3-7(8)11(14)19)16-10(18)5-15-9(17)4-13/h1-3H,4-5,13H2,(H2,14,19)(H,15,17)(H,16,18). The summed E-state index contributed by atoms with van der Waals surface area (Å²) in [5.41, 5.74) is 9.88. The van der Waals surface area contributed by atoms with Gasteiger partial charge in [0.05, 0.1) is 18.7 Å². The molecule has 1 aromatic rings. The average molecular weight is 268 g/mol. The van der Waals surface area contributed by atoms with Crippen molar-refractivity contribution in [2.45, 2.75) is 0 Å². The number of anilines is 1. The fourth-order valence-corrected chi connectivity index (χ4v) is 1.25. The van der Waals surface area contributed by atoms with Crippen LogP contribution >= 0.6 is 0 Å². The molecule has 7 nitrogen and oxygen atoms in total. The summed E-state index contributed by atoms with van der Waals surface area (Å²) >= 11 is 0. The highest BCUT2D eigenvalue weighted by atomic mass is 19.1. The van der Waals surface area contributed by atoms with Crippen molar-refractivity contribution in [1.29, 1.82) is 0 Å². The molecule has 0 radical (unpaired) electrons. The van der Waals surface area contributed by atoms with Crippen LogP contribution in [0.5, 0.6) is 0 Å². The minimum absolute atomic E-state index is 0.196. The van der Waals surface area contributed by atoms with Crippen molar-refractivity contribution in [3.63, 3.8) is 0 Å². The molecular formula is C11H13FN4O3. The normalized spacial score (nSPS) is 9.79. The number of carbonyl (C=O) groups is 3. The van der Waals surface area contributed by atoms with Crippen LogP contribution in [-0.4, -0.2) is 30.8 Å². The Bertz CT molecular complexity index is 519. The first kappa shape index (κ1) is 14.6. The van der Waals surface area contributed by atoms with E-state index in [1.165, 1.54) is 6.07 Å². The second-order valence-corrected chi connectivity index (χ2v) is 3.59. The molecule has 19 heavy (non-hydrogen) atoms. The third kappa shape index (κ3) is 4.36. The van der Waals surface area contributed by atoms with E-state index in [0.717, 1.165) is 12.1 Å². The Hall–Kier alpha value is -2.48. The monoisotopic (exact) mass is 268 g/mol. The summed E-state index contributed by atoms with van der Waals surface area (Å²) in [7, 11) is 0. The van der Waals surface area contributed by atoms with Crippen LogP contribution in [0.15, 0.2) is 18.2 Å². The van der Waals surface area contributed by atoms with Crippen molar-refractivity contribution in [2.24, 2.45) is 11.5 Å². The smallest absolute Gasteiger partial charge is 0.251 e. The first-order valence-electron chi connectivity index (χ1n) is 5.30. The Morgan fingerprint density at radius 1 is 1.21 bits per heavy atom. The number of benzene rings is 1. The maximum absolute atomic E-state index is 13.2. The molecule has 8 heteroatoms. The second kappa shape index (κ2) is 6.45. The molecule has 102 valence electrons. The third-order valence-corrected chi connectivity index (χ3v) is 2.15. The van der Waals surface area contributed by atoms with E-state index in [4.69, 9.17) is 11.5 Å². The highest BCUT2D eigenvalue weighted by molar-refractivity contribution is 5.97. The van der Waals surface area contributed by atoms with Gasteiger partial charge in [0, 0.05) is 5.69 Å². The van der Waals surface area contributed by atoms with E-state index in [2.05, 4.69) is 10.6 Å². The third-order valence-electron chi connectivity index (χ3n) is 2.15. The van der Waals surface area contributed by atoms with Gasteiger partial charge in [-0.3, -0.25) is 14.4 Å². The van der Waals surface area contributed by atoms with Gasteiger partial charge in [0.15, 0.2) is 0 Å². The van der Waals surface area contributed by atoms with E-state index in [-0.39, 0.29) is 24.3 Å². The molecule has 1 aromatic carbocycles. The number of nitrogens with two attached hydrogens (primary N) is 2. The fraction of sp³-hybridized carbons (Fsp3) is 0.182. The zero-order chi connectivity index (χ0) is 14.4. The summed E-state index contributed by atoms with van der Waals surface area (Å²) in [5, 5.41) is 4.63. The van der Waals surface area contributed by atoms with Gasteiger partial charge in [-0.05, 0) is 18.2 Å². The minimum Gasteiger partial charge on any atom is -0.366 e. The lowest BCUT2D eigenvalue weighted by Crippen LogP contribution is -2.36. The number of primary amides is 1. The molecule has 0 aliphatic rings. The molecule has 6 N–H and O–H groups in total. The number of carbonyl (C=O) groups excluding carboxylic acids is 3. The lowest BCUT2D eigenvalue weighted by molar-refractivity contribution is -0.123. The van der Waals surface area contributed by atoms with Gasteiger partial charge in [0.1, 0.15) is 5.82 Å². The number of rotatable bonds is 5. The predicted octanol–water partition coefficient (Wildman–Crippen LogP) is -1.06. The molecule has 0 spiro atoms. The largest absolute Gasteiger partial charge is 0.366 e. The minimum atomic E-state index is -0.940. The van der Waals surface area contributed by atoms with Crippen molar-refractivity contribution in [3.05, 3.63) is 29.6 Å². The van der Waals surface area contributed by atoms with Crippen molar-refractivity contribution in [2.75, 3.05) is 18.4 Å². The van der Waals surface area contributed by atoms with Crippen LogP contribution in [0.2, 0.25) is 0 Å². The quantitative estimate of drug-likeness (QED) is 0.542. The van der Waals surface area contributed by atoms with Crippen LogP contribution < -0.4 is 22.1 Å². The van der Waals surface area contributed by atoms with E-state index < -0.39 is 23.5 Å². The molecule has 0 aliphatic heterocycles. The maximum atomic E-state index is 13.2. The summed E-state index contributed by atoms with van der Waals surface area (Å²) in [6.07, 6.45) is 0. The summed E-state index contributed by atoms with van der Waals surface area (Å²) in [5.74, 6) is -2.73.